The van der Waals surface area contributed by atoms with E-state index in [0.29, 0.717) is 5.92 Å². The molecular formula is C13H27IO3Si. The van der Waals surface area contributed by atoms with Gasteiger partial charge in [0.2, 0.25) is 0 Å². The third-order valence-corrected chi connectivity index (χ3v) is 5.33. The van der Waals surface area contributed by atoms with Crippen LogP contribution >= 0.6 is 22.6 Å². The Labute approximate surface area is 127 Å². The summed E-state index contributed by atoms with van der Waals surface area (Å²) in [6.07, 6.45) is 2.17. The second-order valence-corrected chi connectivity index (χ2v) is 9.66. The Balaban J connectivity index is 2.89. The molecule has 1 aliphatic rings. The van der Waals surface area contributed by atoms with Crippen molar-refractivity contribution >= 4 is 31.6 Å². The smallest absolute Gasteiger partial charge is 0.273 e. The minimum absolute atomic E-state index is 0.233. The van der Waals surface area contributed by atoms with E-state index in [0.717, 1.165) is 17.3 Å². The molecular weight excluding hydrogens is 359 g/mol. The van der Waals surface area contributed by atoms with Gasteiger partial charge < -0.3 is 13.9 Å². The summed E-state index contributed by atoms with van der Waals surface area (Å²) < 4.78 is 18.8. The predicted octanol–water partition coefficient (Wildman–Crippen LogP) is 3.56. The van der Waals surface area contributed by atoms with E-state index < -0.39 is 15.0 Å². The fourth-order valence-corrected chi connectivity index (χ4v) is 3.93. The van der Waals surface area contributed by atoms with Crippen molar-refractivity contribution in [3.05, 3.63) is 0 Å². The second kappa shape index (κ2) is 6.52. The number of halogens is 1. The van der Waals surface area contributed by atoms with E-state index in [1.807, 2.05) is 0 Å². The van der Waals surface area contributed by atoms with E-state index in [9.17, 15) is 0 Å². The highest BCUT2D eigenvalue weighted by molar-refractivity contribution is 14.1. The molecule has 1 heterocycles. The lowest BCUT2D eigenvalue weighted by Gasteiger charge is -2.47. The van der Waals surface area contributed by atoms with Crippen LogP contribution in [0.25, 0.3) is 0 Å². The van der Waals surface area contributed by atoms with E-state index in [2.05, 4.69) is 56.5 Å². The van der Waals surface area contributed by atoms with E-state index in [4.69, 9.17) is 13.9 Å². The number of ether oxygens (including phenoxy) is 2. The third-order valence-electron chi connectivity index (χ3n) is 3.51. The first-order chi connectivity index (χ1) is 8.22. The number of methoxy groups -OCH3 is 1. The van der Waals surface area contributed by atoms with Crippen molar-refractivity contribution in [2.75, 3.05) is 11.5 Å². The van der Waals surface area contributed by atoms with E-state index in [-0.39, 0.29) is 11.5 Å². The SMILES string of the molecule is CO[C@@]1(O[SiH](C)C)C[C@H](C(C)(C)C)C[C@@H](CI)O1. The first-order valence-corrected chi connectivity index (χ1v) is 11.0. The van der Waals surface area contributed by atoms with Gasteiger partial charge in [0.05, 0.1) is 6.10 Å². The lowest BCUT2D eigenvalue weighted by atomic mass is 9.74. The fraction of sp³-hybridized carbons (Fsp3) is 1.00. The minimum Gasteiger partial charge on any atom is -0.373 e. The van der Waals surface area contributed by atoms with Crippen molar-refractivity contribution in [3.8, 4) is 0 Å². The lowest BCUT2D eigenvalue weighted by Crippen LogP contribution is -2.52. The molecule has 3 nitrogen and oxygen atoms in total. The first-order valence-electron chi connectivity index (χ1n) is 6.69. The normalized spacial score (nSPS) is 34.0. The molecule has 1 saturated heterocycles. The van der Waals surface area contributed by atoms with Crippen LogP contribution < -0.4 is 0 Å². The van der Waals surface area contributed by atoms with Crippen LogP contribution in [0.4, 0.5) is 0 Å². The van der Waals surface area contributed by atoms with Gasteiger partial charge in [-0.3, -0.25) is 0 Å². The summed E-state index contributed by atoms with van der Waals surface area (Å²) in [6, 6.07) is 0. The molecule has 0 N–H and O–H groups in total. The summed E-state index contributed by atoms with van der Waals surface area (Å²) in [7, 11) is 0.500. The van der Waals surface area contributed by atoms with Gasteiger partial charge in [-0.25, -0.2) is 0 Å². The van der Waals surface area contributed by atoms with Gasteiger partial charge >= 0.3 is 0 Å². The summed E-state index contributed by atoms with van der Waals surface area (Å²) in [5, 5.41) is 0. The molecule has 0 bridgehead atoms. The summed E-state index contributed by atoms with van der Waals surface area (Å²) in [5.74, 6) is -0.231. The maximum atomic E-state index is 6.09. The molecule has 1 fully saturated rings. The van der Waals surface area contributed by atoms with Crippen molar-refractivity contribution in [3.63, 3.8) is 0 Å². The van der Waals surface area contributed by atoms with Gasteiger partial charge in [-0.2, -0.15) is 0 Å². The zero-order chi connectivity index (χ0) is 14.0. The molecule has 18 heavy (non-hydrogen) atoms. The van der Waals surface area contributed by atoms with Crippen LogP contribution in [0, 0.1) is 11.3 Å². The Morgan fingerprint density at radius 3 is 2.39 bits per heavy atom. The van der Waals surface area contributed by atoms with Gasteiger partial charge in [0.1, 0.15) is 0 Å². The minimum atomic E-state index is -1.20. The zero-order valence-corrected chi connectivity index (χ0v) is 15.8. The average Bonchev–Trinajstić information content (AvgIpc) is 2.26. The molecule has 1 rings (SSSR count). The van der Waals surface area contributed by atoms with E-state index in [1.165, 1.54) is 0 Å². The van der Waals surface area contributed by atoms with Crippen LogP contribution in [0.5, 0.6) is 0 Å². The predicted molar refractivity (Wildman–Crippen MR) is 85.6 cm³/mol. The van der Waals surface area contributed by atoms with Gasteiger partial charge in [-0.1, -0.05) is 43.4 Å². The molecule has 0 spiro atoms. The summed E-state index contributed by atoms with van der Waals surface area (Å²) >= 11 is 2.39. The molecule has 0 aromatic heterocycles. The molecule has 1 aliphatic heterocycles. The van der Waals surface area contributed by atoms with Crippen molar-refractivity contribution in [1.29, 1.82) is 0 Å². The molecule has 0 aliphatic carbocycles. The fourth-order valence-electron chi connectivity index (χ4n) is 2.42. The van der Waals surface area contributed by atoms with Crippen LogP contribution in [-0.4, -0.2) is 32.7 Å². The molecule has 108 valence electrons. The number of hydrogen-bond donors (Lipinski definition) is 0. The largest absolute Gasteiger partial charge is 0.373 e. The molecule has 0 unspecified atom stereocenters. The molecule has 0 aromatic carbocycles. The van der Waals surface area contributed by atoms with Gasteiger partial charge in [-0.05, 0) is 30.8 Å². The maximum absolute atomic E-state index is 6.09. The van der Waals surface area contributed by atoms with Crippen LogP contribution in [0.2, 0.25) is 13.1 Å². The van der Waals surface area contributed by atoms with Crippen molar-refractivity contribution in [2.24, 2.45) is 11.3 Å². The first kappa shape index (κ1) is 16.9. The molecule has 0 aromatic rings. The standard InChI is InChI=1S/C13H27IO3Si/c1-12(2,3)10-7-11(9-14)16-13(8-10,15-4)17-18(5)6/h10-11,18H,7-9H2,1-6H3/t10-,11+,13+/m1/s1. The molecule has 0 amide bonds. The molecule has 5 heteroatoms. The number of hydrogen-bond acceptors (Lipinski definition) is 3. The summed E-state index contributed by atoms with van der Waals surface area (Å²) in [6.45, 7) is 11.2. The zero-order valence-electron chi connectivity index (χ0n) is 12.5. The monoisotopic (exact) mass is 386 g/mol. The topological polar surface area (TPSA) is 27.7 Å². The second-order valence-electron chi connectivity index (χ2n) is 6.45. The van der Waals surface area contributed by atoms with Crippen LogP contribution in [-0.2, 0) is 13.9 Å². The van der Waals surface area contributed by atoms with Crippen LogP contribution in [0.15, 0.2) is 0 Å². The number of rotatable bonds is 4. The Morgan fingerprint density at radius 2 is 2.00 bits per heavy atom. The average molecular weight is 386 g/mol. The van der Waals surface area contributed by atoms with Crippen LogP contribution in [0.3, 0.4) is 0 Å². The number of alkyl halides is 1. The Hall–Kier alpha value is 0.827. The Kier molecular flexibility index (Phi) is 6.11. The highest BCUT2D eigenvalue weighted by Gasteiger charge is 2.46. The van der Waals surface area contributed by atoms with Gasteiger partial charge in [0.15, 0.2) is 9.04 Å². The molecule has 0 saturated carbocycles. The van der Waals surface area contributed by atoms with E-state index >= 15 is 0 Å². The van der Waals surface area contributed by atoms with Gasteiger partial charge in [-0.15, -0.1) is 0 Å². The molecule has 3 atom stereocenters. The maximum Gasteiger partial charge on any atom is 0.273 e. The Bertz CT molecular complexity index is 267. The van der Waals surface area contributed by atoms with Crippen molar-refractivity contribution in [2.45, 2.75) is 58.8 Å². The summed E-state index contributed by atoms with van der Waals surface area (Å²) in [5.41, 5.74) is 0.263. The Morgan fingerprint density at radius 1 is 1.39 bits per heavy atom. The van der Waals surface area contributed by atoms with Gasteiger partial charge in [0.25, 0.3) is 5.97 Å². The molecule has 0 radical (unpaired) electrons. The highest BCUT2D eigenvalue weighted by Crippen LogP contribution is 2.43. The van der Waals surface area contributed by atoms with E-state index in [1.54, 1.807) is 7.11 Å². The quantitative estimate of drug-likeness (QED) is 0.320. The highest BCUT2D eigenvalue weighted by atomic mass is 127. The van der Waals surface area contributed by atoms with Crippen molar-refractivity contribution < 1.29 is 13.9 Å². The lowest BCUT2D eigenvalue weighted by molar-refractivity contribution is -0.377. The van der Waals surface area contributed by atoms with Gasteiger partial charge in [0, 0.05) is 18.0 Å². The van der Waals surface area contributed by atoms with Crippen molar-refractivity contribution in [1.82, 2.24) is 0 Å². The van der Waals surface area contributed by atoms with Crippen LogP contribution in [0.1, 0.15) is 33.6 Å². The summed E-state index contributed by atoms with van der Waals surface area (Å²) in [4.78, 5) is 0. The third kappa shape index (κ3) is 4.44.